The zero-order valence-corrected chi connectivity index (χ0v) is 9.20. The summed E-state index contributed by atoms with van der Waals surface area (Å²) in [4.78, 5) is 11.7. The first-order valence-electron chi connectivity index (χ1n) is 5.92. The zero-order chi connectivity index (χ0) is 11.0. The highest BCUT2D eigenvalue weighted by atomic mass is 16.1. The van der Waals surface area contributed by atoms with E-state index in [0.29, 0.717) is 6.04 Å². The van der Waals surface area contributed by atoms with Crippen molar-refractivity contribution in [2.45, 2.75) is 31.7 Å². The molecule has 1 amide bonds. The van der Waals surface area contributed by atoms with Gasteiger partial charge in [-0.15, -0.1) is 0 Å². The average molecular weight is 213 g/mol. The molecule has 0 bridgehead atoms. The van der Waals surface area contributed by atoms with E-state index in [0.717, 1.165) is 25.7 Å². The summed E-state index contributed by atoms with van der Waals surface area (Å²) in [5.41, 5.74) is 3.81. The summed E-state index contributed by atoms with van der Waals surface area (Å²) in [6, 6.07) is 8.80. The predicted octanol–water partition coefficient (Wildman–Crippen LogP) is 2.29. The number of benzene rings is 1. The van der Waals surface area contributed by atoms with Crippen LogP contribution in [-0.4, -0.2) is 11.9 Å². The van der Waals surface area contributed by atoms with Crippen molar-refractivity contribution in [3.8, 4) is 0 Å². The van der Waals surface area contributed by atoms with Gasteiger partial charge in [-0.3, -0.25) is 4.79 Å². The minimum Gasteiger partial charge on any atom is -0.350 e. The van der Waals surface area contributed by atoms with Crippen molar-refractivity contribution in [1.82, 2.24) is 5.32 Å². The van der Waals surface area contributed by atoms with E-state index in [1.165, 1.54) is 16.7 Å². The lowest BCUT2D eigenvalue weighted by Gasteiger charge is -2.01. The Morgan fingerprint density at radius 3 is 2.88 bits per heavy atom. The van der Waals surface area contributed by atoms with Gasteiger partial charge >= 0.3 is 0 Å². The first kappa shape index (κ1) is 9.64. The van der Waals surface area contributed by atoms with Crippen molar-refractivity contribution in [3.05, 3.63) is 41.5 Å². The average Bonchev–Trinajstić information content (AvgIpc) is 3.00. The lowest BCUT2D eigenvalue weighted by Crippen LogP contribution is -2.23. The van der Waals surface area contributed by atoms with E-state index in [2.05, 4.69) is 23.5 Å². The van der Waals surface area contributed by atoms with Gasteiger partial charge in [-0.25, -0.2) is 0 Å². The molecule has 0 radical (unpaired) electrons. The van der Waals surface area contributed by atoms with E-state index in [-0.39, 0.29) is 5.91 Å². The van der Waals surface area contributed by atoms with Crippen LogP contribution in [0.2, 0.25) is 0 Å². The Labute approximate surface area is 95.4 Å². The van der Waals surface area contributed by atoms with Crippen LogP contribution in [0.15, 0.2) is 30.3 Å². The quantitative estimate of drug-likeness (QED) is 0.750. The summed E-state index contributed by atoms with van der Waals surface area (Å²) in [6.45, 7) is 0. The molecule has 3 rings (SSSR count). The molecule has 0 atom stereocenters. The molecule has 0 saturated heterocycles. The molecule has 0 heterocycles. The smallest absolute Gasteiger partial charge is 0.244 e. The number of rotatable bonds is 2. The van der Waals surface area contributed by atoms with Crippen molar-refractivity contribution < 1.29 is 4.79 Å². The predicted molar refractivity (Wildman–Crippen MR) is 63.9 cm³/mol. The molecule has 0 unspecified atom stereocenters. The Morgan fingerprint density at radius 1 is 1.25 bits per heavy atom. The lowest BCUT2D eigenvalue weighted by atomic mass is 10.1. The van der Waals surface area contributed by atoms with Gasteiger partial charge in [0.25, 0.3) is 0 Å². The Hall–Kier alpha value is -1.57. The maximum atomic E-state index is 11.7. The number of carbonyl (C=O) groups is 1. The standard InChI is InChI=1S/C14H15NO/c16-14(15-12-7-8-12)9-11-6-5-10-3-1-2-4-13(10)11/h1-4,9,12H,5-8H2,(H,15,16)/b11-9+. The highest BCUT2D eigenvalue weighted by Crippen LogP contribution is 2.31. The normalized spacial score (nSPS) is 20.9. The number of carbonyl (C=O) groups excluding carboxylic acids is 1. The number of nitrogens with one attached hydrogen (secondary N) is 1. The summed E-state index contributed by atoms with van der Waals surface area (Å²) in [7, 11) is 0. The maximum Gasteiger partial charge on any atom is 0.244 e. The summed E-state index contributed by atoms with van der Waals surface area (Å²) in [6.07, 6.45) is 6.14. The highest BCUT2D eigenvalue weighted by Gasteiger charge is 2.23. The van der Waals surface area contributed by atoms with Gasteiger partial charge in [-0.05, 0) is 42.4 Å². The van der Waals surface area contributed by atoms with Crippen LogP contribution in [0.5, 0.6) is 0 Å². The molecule has 1 saturated carbocycles. The summed E-state index contributed by atoms with van der Waals surface area (Å²) in [5, 5.41) is 3.00. The number of fused-ring (bicyclic) bond motifs is 1. The fourth-order valence-electron chi connectivity index (χ4n) is 2.23. The second-order valence-electron chi connectivity index (χ2n) is 4.61. The Morgan fingerprint density at radius 2 is 2.06 bits per heavy atom. The van der Waals surface area contributed by atoms with Crippen LogP contribution >= 0.6 is 0 Å². The maximum absolute atomic E-state index is 11.7. The van der Waals surface area contributed by atoms with Crippen molar-refractivity contribution in [2.24, 2.45) is 0 Å². The molecule has 1 aromatic carbocycles. The second-order valence-corrected chi connectivity index (χ2v) is 4.61. The highest BCUT2D eigenvalue weighted by molar-refractivity contribution is 5.96. The van der Waals surface area contributed by atoms with E-state index < -0.39 is 0 Å². The Kier molecular flexibility index (Phi) is 2.28. The first-order chi connectivity index (χ1) is 7.83. The van der Waals surface area contributed by atoms with Crippen LogP contribution in [0.25, 0.3) is 5.57 Å². The summed E-state index contributed by atoms with van der Waals surface area (Å²) in [5.74, 6) is 0.0780. The van der Waals surface area contributed by atoms with Gasteiger partial charge in [0.2, 0.25) is 5.91 Å². The fourth-order valence-corrected chi connectivity index (χ4v) is 2.23. The molecular formula is C14H15NO. The van der Waals surface area contributed by atoms with Crippen molar-refractivity contribution in [2.75, 3.05) is 0 Å². The number of hydrogen-bond acceptors (Lipinski definition) is 1. The summed E-state index contributed by atoms with van der Waals surface area (Å²) >= 11 is 0. The van der Waals surface area contributed by atoms with Gasteiger partial charge in [0.1, 0.15) is 0 Å². The SMILES string of the molecule is O=C(/C=C1\CCc2ccccc21)NC1CC1. The van der Waals surface area contributed by atoms with Crippen LogP contribution in [0.4, 0.5) is 0 Å². The molecule has 0 spiro atoms. The lowest BCUT2D eigenvalue weighted by molar-refractivity contribution is -0.116. The van der Waals surface area contributed by atoms with Gasteiger partial charge in [-0.1, -0.05) is 24.3 Å². The topological polar surface area (TPSA) is 29.1 Å². The van der Waals surface area contributed by atoms with Gasteiger partial charge in [0.05, 0.1) is 0 Å². The molecule has 2 aliphatic carbocycles. The molecule has 2 aliphatic rings. The van der Waals surface area contributed by atoms with Crippen molar-refractivity contribution in [1.29, 1.82) is 0 Å². The largest absolute Gasteiger partial charge is 0.350 e. The third-order valence-corrected chi connectivity index (χ3v) is 3.26. The van der Waals surface area contributed by atoms with Gasteiger partial charge in [0.15, 0.2) is 0 Å². The molecular weight excluding hydrogens is 198 g/mol. The van der Waals surface area contributed by atoms with Crippen LogP contribution < -0.4 is 5.32 Å². The molecule has 82 valence electrons. The first-order valence-corrected chi connectivity index (χ1v) is 5.92. The second kappa shape index (κ2) is 3.78. The zero-order valence-electron chi connectivity index (χ0n) is 9.20. The van der Waals surface area contributed by atoms with Gasteiger partial charge in [-0.2, -0.15) is 0 Å². The third kappa shape index (κ3) is 1.87. The third-order valence-electron chi connectivity index (χ3n) is 3.26. The van der Waals surface area contributed by atoms with Crippen molar-refractivity contribution in [3.63, 3.8) is 0 Å². The van der Waals surface area contributed by atoms with Crippen LogP contribution in [0, 0.1) is 0 Å². The van der Waals surface area contributed by atoms with Gasteiger partial charge in [0, 0.05) is 12.1 Å². The van der Waals surface area contributed by atoms with E-state index >= 15 is 0 Å². The molecule has 2 nitrogen and oxygen atoms in total. The van der Waals surface area contributed by atoms with Crippen LogP contribution in [-0.2, 0) is 11.2 Å². The van der Waals surface area contributed by atoms with Gasteiger partial charge < -0.3 is 5.32 Å². The van der Waals surface area contributed by atoms with E-state index in [1.807, 2.05) is 6.07 Å². The van der Waals surface area contributed by atoms with Crippen LogP contribution in [0.3, 0.4) is 0 Å². The monoisotopic (exact) mass is 213 g/mol. The molecule has 2 heteroatoms. The molecule has 1 N–H and O–H groups in total. The molecule has 0 aliphatic heterocycles. The van der Waals surface area contributed by atoms with E-state index in [9.17, 15) is 4.79 Å². The molecule has 16 heavy (non-hydrogen) atoms. The summed E-state index contributed by atoms with van der Waals surface area (Å²) < 4.78 is 0. The fraction of sp³-hybridized carbons (Fsp3) is 0.357. The van der Waals surface area contributed by atoms with E-state index in [4.69, 9.17) is 0 Å². The van der Waals surface area contributed by atoms with Crippen molar-refractivity contribution >= 4 is 11.5 Å². The molecule has 0 aromatic heterocycles. The number of amides is 1. The number of aryl methyl sites for hydroxylation is 1. The minimum atomic E-state index is 0.0780. The minimum absolute atomic E-state index is 0.0780. The van der Waals surface area contributed by atoms with E-state index in [1.54, 1.807) is 6.08 Å². The Bertz CT molecular complexity index is 458. The number of allylic oxidation sites excluding steroid dienone is 1. The molecule has 1 fully saturated rings. The molecule has 1 aromatic rings. The Balaban J connectivity index is 1.80. The number of hydrogen-bond donors (Lipinski definition) is 1. The van der Waals surface area contributed by atoms with Crippen LogP contribution in [0.1, 0.15) is 30.4 Å².